The average molecular weight is 1430 g/mol. The molecule has 101 heavy (non-hydrogen) atoms. The van der Waals surface area contributed by atoms with Crippen LogP contribution in [0.2, 0.25) is 0 Å². The Labute approximate surface area is 631 Å². The lowest BCUT2D eigenvalue weighted by Crippen LogP contribution is -2.58. The Kier molecular flexibility index (Phi) is 42.6. The Hall–Kier alpha value is -2.65. The molecule has 14 rings (SSSR count). The van der Waals surface area contributed by atoms with E-state index in [4.69, 9.17) is 23.7 Å². The van der Waals surface area contributed by atoms with Crippen LogP contribution in [-0.4, -0.2) is 57.9 Å². The van der Waals surface area contributed by atoms with E-state index < -0.39 is 0 Å². The predicted molar refractivity (Wildman–Crippen MR) is 436 cm³/mol. The van der Waals surface area contributed by atoms with Gasteiger partial charge in [-0.2, -0.15) is 0 Å². The zero-order valence-corrected chi connectivity index (χ0v) is 62.8. The van der Waals surface area contributed by atoms with E-state index in [0.29, 0.717) is 35.5 Å². The molecule has 12 bridgehead atoms. The Balaban J connectivity index is -0.000000570. The first kappa shape index (κ1) is 105. The minimum Gasteiger partial charge on any atom is -0.459 e. The highest BCUT2D eigenvalue weighted by Gasteiger charge is 2.61. The van der Waals surface area contributed by atoms with Gasteiger partial charge in [-0.15, -0.1) is 0 Å². The van der Waals surface area contributed by atoms with E-state index in [0.717, 1.165) is 85.9 Å². The summed E-state index contributed by atoms with van der Waals surface area (Å²) in [5, 5.41) is 0. The summed E-state index contributed by atoms with van der Waals surface area (Å²) < 4.78 is 29.8. The van der Waals surface area contributed by atoms with Gasteiger partial charge in [0.1, 0.15) is 28.0 Å². The van der Waals surface area contributed by atoms with Crippen LogP contribution in [0.1, 0.15) is 413 Å². The lowest BCUT2D eigenvalue weighted by molar-refractivity contribution is -0.208. The van der Waals surface area contributed by atoms with Crippen LogP contribution in [0.3, 0.4) is 0 Å². The predicted octanol–water partition coefficient (Wildman–Crippen LogP) is 27.4. The largest absolute Gasteiger partial charge is 0.459 e. The highest BCUT2D eigenvalue weighted by atomic mass is 16.6. The average Bonchev–Trinajstić information content (AvgIpc) is 0.742. The van der Waals surface area contributed by atoms with E-state index in [9.17, 15) is 24.0 Å². The van der Waals surface area contributed by atoms with Crippen molar-refractivity contribution < 1.29 is 47.7 Å². The minimum atomic E-state index is -0.362. The molecule has 10 nitrogen and oxygen atoms in total. The molecule has 14 saturated carbocycles. The van der Waals surface area contributed by atoms with Crippen molar-refractivity contribution in [2.45, 2.75) is 441 Å². The Bertz CT molecular complexity index is 2330. The molecule has 10 heteroatoms. The molecule has 0 heterocycles. The first-order chi connectivity index (χ1) is 42.2. The number of ether oxygens (including phenoxy) is 5. The lowest BCUT2D eigenvalue weighted by atomic mass is 9.46. The zero-order chi connectivity index (χ0) is 67.7. The summed E-state index contributed by atoms with van der Waals surface area (Å²) in [4.78, 5) is 61.2. The topological polar surface area (TPSA) is 132 Å². The molecule has 0 radical (unpaired) electrons. The van der Waals surface area contributed by atoms with Crippen molar-refractivity contribution in [2.75, 3.05) is 0 Å². The number of rotatable bonds is 17. The molecular weight excluding hydrogens is 1250 g/mol. The van der Waals surface area contributed by atoms with Crippen LogP contribution < -0.4 is 0 Å². The fourth-order valence-corrected chi connectivity index (χ4v) is 19.6. The number of esters is 5. The summed E-state index contributed by atoms with van der Waals surface area (Å²) in [5.41, 5.74) is -1.93. The van der Waals surface area contributed by atoms with Gasteiger partial charge < -0.3 is 23.7 Å². The van der Waals surface area contributed by atoms with E-state index in [1.54, 1.807) is 0 Å². The maximum absolute atomic E-state index is 12.6. The van der Waals surface area contributed by atoms with Gasteiger partial charge in [0.05, 0.1) is 28.1 Å². The molecule has 0 aromatic heterocycles. The summed E-state index contributed by atoms with van der Waals surface area (Å²) in [7, 11) is 0. The van der Waals surface area contributed by atoms with Gasteiger partial charge in [0.15, 0.2) is 0 Å². The van der Waals surface area contributed by atoms with Crippen LogP contribution in [0.25, 0.3) is 0 Å². The first-order valence-corrected chi connectivity index (χ1v) is 38.3. The first-order valence-electron chi connectivity index (χ1n) is 38.3. The molecular formula is C91H180O10. The lowest BCUT2D eigenvalue weighted by Gasteiger charge is -2.61. The van der Waals surface area contributed by atoms with Gasteiger partial charge in [-0.25, -0.2) is 0 Å². The van der Waals surface area contributed by atoms with Crippen molar-refractivity contribution in [3.05, 3.63) is 0 Å². The minimum absolute atomic E-state index is 0. The molecule has 0 aromatic rings. The maximum atomic E-state index is 12.6. The van der Waals surface area contributed by atoms with Crippen LogP contribution in [0.4, 0.5) is 0 Å². The molecule has 0 aliphatic heterocycles. The van der Waals surface area contributed by atoms with Gasteiger partial charge in [-0.05, 0) is 340 Å². The molecule has 14 aliphatic carbocycles. The summed E-state index contributed by atoms with van der Waals surface area (Å²) in [6.07, 6.45) is 35.5. The monoisotopic (exact) mass is 1430 g/mol. The van der Waals surface area contributed by atoms with E-state index in [1.165, 1.54) is 148 Å². The van der Waals surface area contributed by atoms with Crippen molar-refractivity contribution in [1.82, 2.24) is 0 Å². The maximum Gasteiger partial charge on any atom is 0.312 e. The Morgan fingerprint density at radius 2 is 0.723 bits per heavy atom. The Morgan fingerprint density at radius 3 is 1.05 bits per heavy atom. The highest BCUT2D eigenvalue weighted by molar-refractivity contribution is 5.77. The van der Waals surface area contributed by atoms with Crippen molar-refractivity contribution in [2.24, 2.45) is 116 Å². The number of hydrogen-bond acceptors (Lipinski definition) is 10. The molecule has 0 aromatic carbocycles. The van der Waals surface area contributed by atoms with E-state index in [1.807, 2.05) is 69.2 Å². The van der Waals surface area contributed by atoms with Gasteiger partial charge >= 0.3 is 29.8 Å². The zero-order valence-electron chi connectivity index (χ0n) is 62.8. The number of carbonyl (C=O) groups is 5. The van der Waals surface area contributed by atoms with Crippen molar-refractivity contribution in [3.8, 4) is 0 Å². The normalized spacial score (nSPS) is 32.7. The molecule has 2 unspecified atom stereocenters. The molecule has 14 aliphatic rings. The second-order valence-electron chi connectivity index (χ2n) is 37.3. The van der Waals surface area contributed by atoms with Crippen molar-refractivity contribution >= 4 is 29.8 Å². The molecule has 2 atom stereocenters. The van der Waals surface area contributed by atoms with Gasteiger partial charge in [0.25, 0.3) is 0 Å². The smallest absolute Gasteiger partial charge is 0.312 e. The van der Waals surface area contributed by atoms with Gasteiger partial charge in [-0.1, -0.05) is 156 Å². The fraction of sp³-hybridized carbons (Fsp3) is 0.945. The summed E-state index contributed by atoms with van der Waals surface area (Å²) in [5.74, 6) is 10.7. The summed E-state index contributed by atoms with van der Waals surface area (Å²) in [6.45, 7) is 45.6. The van der Waals surface area contributed by atoms with E-state index in [2.05, 4.69) is 83.1 Å². The standard InChI is InChI=1S/C19H32O2.C17H28O2.C16H26O2.C16H30O2.C13H24O2.10CH4/c1-6-17(2,3)16(20)21-18(4,5)19-10-13-7-14(11-19)9-15(8-13)12-19;1-10(2)11(3)16(18)19-17(4)14-6-12-5-13(8-14)9-15(17)7-12;1-4-10(2)15(17)18-16(3)13-6-11-5-12(8-13)9-14(16)7-11;1-7-15(3,4)14(17)18-16(5,6)13-10-8-12(2)9-11-13;1-5-12(2,3)11(14)15-13(4)9-7-6-8-10-13;;;;;;;;;;/h13-15H,6-12H2,1-5H3;10-15H,5-9H2,1-4H3;10-14H,4-9H2,1-3H3;12-13H,7-11H2,1-6H3;5-10H2,1-4H3;10*1H4. The van der Waals surface area contributed by atoms with Crippen LogP contribution in [0.5, 0.6) is 0 Å². The third-order valence-corrected chi connectivity index (χ3v) is 28.1. The molecule has 0 N–H and O–H groups in total. The molecule has 0 amide bonds. The molecule has 14 fully saturated rings. The third-order valence-electron chi connectivity index (χ3n) is 28.1. The van der Waals surface area contributed by atoms with E-state index >= 15 is 0 Å². The third kappa shape index (κ3) is 24.7. The van der Waals surface area contributed by atoms with Crippen molar-refractivity contribution in [3.63, 3.8) is 0 Å². The van der Waals surface area contributed by atoms with Crippen LogP contribution in [0, 0.1) is 116 Å². The van der Waals surface area contributed by atoms with Gasteiger partial charge in [0, 0.05) is 5.41 Å². The van der Waals surface area contributed by atoms with E-state index in [-0.39, 0.29) is 166 Å². The van der Waals surface area contributed by atoms with Crippen LogP contribution >= 0.6 is 0 Å². The second kappa shape index (κ2) is 41.1. The second-order valence-corrected chi connectivity index (χ2v) is 37.3. The number of hydrogen-bond donors (Lipinski definition) is 0. The van der Waals surface area contributed by atoms with Gasteiger partial charge in [0.2, 0.25) is 0 Å². The molecule has 0 saturated heterocycles. The van der Waals surface area contributed by atoms with Crippen molar-refractivity contribution in [1.29, 1.82) is 0 Å². The fourth-order valence-electron chi connectivity index (χ4n) is 19.6. The SMILES string of the molecule is C.C.C.C.C.C.C.C.C.C.CC(C)C(C)C(=O)OC1(C)C2CC3CC(C2)CC1C3.CCC(C)(C)C(=O)OC(C)(C)C12CC3CC(CC(C3)C1)C2.CCC(C)(C)C(=O)OC(C)(C)C1CCC(C)CC1.CCC(C)(C)C(=O)OC1(C)CCCCC1.CCC(C)C(=O)OC1(C)C2CC3CC(C2)CC1C3. The Morgan fingerprint density at radius 1 is 0.406 bits per heavy atom. The quantitative estimate of drug-likeness (QED) is 0.102. The summed E-state index contributed by atoms with van der Waals surface area (Å²) in [6, 6.07) is 0. The molecule has 0 spiro atoms. The summed E-state index contributed by atoms with van der Waals surface area (Å²) >= 11 is 0. The number of carbonyl (C=O) groups excluding carboxylic acids is 5. The highest BCUT2D eigenvalue weighted by Crippen LogP contribution is 2.65. The van der Waals surface area contributed by atoms with Crippen LogP contribution in [0.15, 0.2) is 0 Å². The molecule has 604 valence electrons. The van der Waals surface area contributed by atoms with Gasteiger partial charge in [-0.3, -0.25) is 24.0 Å². The van der Waals surface area contributed by atoms with Crippen LogP contribution in [-0.2, 0) is 47.7 Å².